The first kappa shape index (κ1) is 18.1. The molecule has 0 radical (unpaired) electrons. The minimum absolute atomic E-state index is 0.0210. The number of para-hydroxylation sites is 1. The third kappa shape index (κ3) is 3.44. The van der Waals surface area contributed by atoms with Crippen molar-refractivity contribution in [1.29, 1.82) is 0 Å². The normalized spacial score (nSPS) is 15.8. The molecule has 8 heteroatoms. The van der Waals surface area contributed by atoms with Crippen LogP contribution in [0.2, 0.25) is 0 Å². The molecule has 148 valence electrons. The zero-order chi connectivity index (χ0) is 20.0. The Morgan fingerprint density at radius 3 is 2.76 bits per heavy atom. The van der Waals surface area contributed by atoms with E-state index in [0.29, 0.717) is 30.2 Å². The maximum Gasteiger partial charge on any atom is 0.257 e. The summed E-state index contributed by atoms with van der Waals surface area (Å²) >= 11 is 1.47. The largest absolute Gasteiger partial charge is 0.333 e. The second kappa shape index (κ2) is 7.11. The third-order valence-corrected chi connectivity index (χ3v) is 6.44. The average molecular weight is 407 g/mol. The number of fused-ring (bicyclic) bond motifs is 1. The Kier molecular flexibility index (Phi) is 4.43. The summed E-state index contributed by atoms with van der Waals surface area (Å²) in [7, 11) is 0. The highest BCUT2D eigenvalue weighted by Crippen LogP contribution is 2.33. The molecule has 0 saturated heterocycles. The second-order valence-electron chi connectivity index (χ2n) is 7.52. The molecule has 0 atom stereocenters. The number of amides is 2. The SMILES string of the molecule is Cc1c(C(=O)N2CCc3nc(NC(=O)C4CC4)sc3C2)cnn1-c1ccccc1. The predicted octanol–water partition coefficient (Wildman–Crippen LogP) is 3.18. The van der Waals surface area contributed by atoms with Crippen LogP contribution in [0.25, 0.3) is 5.69 Å². The van der Waals surface area contributed by atoms with Gasteiger partial charge in [0.05, 0.1) is 35.4 Å². The van der Waals surface area contributed by atoms with Crippen LogP contribution < -0.4 is 5.32 Å². The van der Waals surface area contributed by atoms with Crippen molar-refractivity contribution in [3.63, 3.8) is 0 Å². The van der Waals surface area contributed by atoms with E-state index in [1.54, 1.807) is 10.9 Å². The number of nitrogens with one attached hydrogen (secondary N) is 1. The van der Waals surface area contributed by atoms with Gasteiger partial charge in [0.2, 0.25) is 5.91 Å². The Hall–Kier alpha value is -3.00. The molecule has 1 aliphatic heterocycles. The molecule has 3 aromatic rings. The maximum absolute atomic E-state index is 13.1. The zero-order valence-corrected chi connectivity index (χ0v) is 16.9. The van der Waals surface area contributed by atoms with Crippen LogP contribution in [0.1, 0.15) is 39.5 Å². The van der Waals surface area contributed by atoms with Crippen LogP contribution in [-0.2, 0) is 17.8 Å². The van der Waals surface area contributed by atoms with Gasteiger partial charge in [-0.05, 0) is 31.9 Å². The number of carbonyl (C=O) groups is 2. The van der Waals surface area contributed by atoms with Gasteiger partial charge < -0.3 is 10.2 Å². The van der Waals surface area contributed by atoms with Crippen molar-refractivity contribution in [2.24, 2.45) is 5.92 Å². The van der Waals surface area contributed by atoms with Crippen molar-refractivity contribution in [2.75, 3.05) is 11.9 Å². The minimum Gasteiger partial charge on any atom is -0.333 e. The lowest BCUT2D eigenvalue weighted by Crippen LogP contribution is -2.35. The number of hydrogen-bond acceptors (Lipinski definition) is 5. The van der Waals surface area contributed by atoms with Gasteiger partial charge in [0.15, 0.2) is 5.13 Å². The van der Waals surface area contributed by atoms with Crippen LogP contribution in [0, 0.1) is 12.8 Å². The molecule has 0 spiro atoms. The fraction of sp³-hybridized carbons (Fsp3) is 0.333. The van der Waals surface area contributed by atoms with Gasteiger partial charge in [-0.25, -0.2) is 9.67 Å². The van der Waals surface area contributed by atoms with Crippen molar-refractivity contribution < 1.29 is 9.59 Å². The fourth-order valence-corrected chi connectivity index (χ4v) is 4.62. The average Bonchev–Trinajstić information content (AvgIpc) is 3.41. The molecule has 0 unspecified atom stereocenters. The van der Waals surface area contributed by atoms with Crippen molar-refractivity contribution >= 4 is 28.3 Å². The fourth-order valence-electron chi connectivity index (χ4n) is 3.59. The van der Waals surface area contributed by atoms with E-state index in [0.717, 1.165) is 34.8 Å². The van der Waals surface area contributed by atoms with Crippen LogP contribution >= 0.6 is 11.3 Å². The van der Waals surface area contributed by atoms with Gasteiger partial charge in [-0.2, -0.15) is 5.10 Å². The topological polar surface area (TPSA) is 80.1 Å². The minimum atomic E-state index is -0.0210. The van der Waals surface area contributed by atoms with Crippen LogP contribution in [0.3, 0.4) is 0 Å². The number of rotatable bonds is 4. The van der Waals surface area contributed by atoms with E-state index in [9.17, 15) is 9.59 Å². The van der Waals surface area contributed by atoms with Crippen molar-refractivity contribution in [3.05, 3.63) is 58.4 Å². The van der Waals surface area contributed by atoms with Crippen molar-refractivity contribution in [1.82, 2.24) is 19.7 Å². The van der Waals surface area contributed by atoms with Crippen LogP contribution in [-0.4, -0.2) is 38.0 Å². The van der Waals surface area contributed by atoms with Crippen LogP contribution in [0.15, 0.2) is 36.5 Å². The highest BCUT2D eigenvalue weighted by molar-refractivity contribution is 7.15. The molecule has 1 fully saturated rings. The molecule has 5 rings (SSSR count). The van der Waals surface area contributed by atoms with Gasteiger partial charge in [0, 0.05) is 23.8 Å². The standard InChI is InChI=1S/C21H21N5O2S/c1-13-16(11-22-26(13)15-5-3-2-4-6-15)20(28)25-10-9-17-18(12-25)29-21(23-17)24-19(27)14-7-8-14/h2-6,11,14H,7-10,12H2,1H3,(H,23,24,27). The van der Waals surface area contributed by atoms with Gasteiger partial charge in [0.25, 0.3) is 5.91 Å². The Morgan fingerprint density at radius 1 is 1.21 bits per heavy atom. The highest BCUT2D eigenvalue weighted by atomic mass is 32.1. The first-order valence-electron chi connectivity index (χ1n) is 9.79. The quantitative estimate of drug-likeness (QED) is 0.720. The van der Waals surface area contributed by atoms with Crippen molar-refractivity contribution in [3.8, 4) is 5.69 Å². The van der Waals surface area contributed by atoms with E-state index in [-0.39, 0.29) is 17.7 Å². The lowest BCUT2D eigenvalue weighted by atomic mass is 10.1. The number of anilines is 1. The molecule has 1 saturated carbocycles. The molecule has 2 aromatic heterocycles. The van der Waals surface area contributed by atoms with E-state index in [1.165, 1.54) is 11.3 Å². The molecular weight excluding hydrogens is 386 g/mol. The number of carbonyl (C=O) groups excluding carboxylic acids is 2. The summed E-state index contributed by atoms with van der Waals surface area (Å²) in [5.41, 5.74) is 3.36. The molecule has 0 bridgehead atoms. The number of benzene rings is 1. The number of nitrogens with zero attached hydrogens (tertiary/aromatic N) is 4. The predicted molar refractivity (Wildman–Crippen MR) is 110 cm³/mol. The molecule has 1 aliphatic carbocycles. The highest BCUT2D eigenvalue weighted by Gasteiger charge is 2.31. The summed E-state index contributed by atoms with van der Waals surface area (Å²) in [6.45, 7) is 3.05. The molecule has 1 N–H and O–H groups in total. The Balaban J connectivity index is 1.33. The van der Waals surface area contributed by atoms with Gasteiger partial charge in [-0.1, -0.05) is 29.5 Å². The Morgan fingerprint density at radius 2 is 2.00 bits per heavy atom. The van der Waals surface area contributed by atoms with Gasteiger partial charge in [-0.15, -0.1) is 0 Å². The molecule has 29 heavy (non-hydrogen) atoms. The summed E-state index contributed by atoms with van der Waals surface area (Å²) in [6, 6.07) is 9.80. The Bertz CT molecular complexity index is 1080. The van der Waals surface area contributed by atoms with Gasteiger partial charge in [-0.3, -0.25) is 9.59 Å². The van der Waals surface area contributed by atoms with E-state index in [4.69, 9.17) is 0 Å². The molecule has 3 heterocycles. The van der Waals surface area contributed by atoms with Gasteiger partial charge in [0.1, 0.15) is 0 Å². The Labute approximate surface area is 172 Å². The van der Waals surface area contributed by atoms with E-state index >= 15 is 0 Å². The number of hydrogen-bond donors (Lipinski definition) is 1. The molecule has 7 nitrogen and oxygen atoms in total. The molecule has 2 aliphatic rings. The lowest BCUT2D eigenvalue weighted by Gasteiger charge is -2.26. The van der Waals surface area contributed by atoms with E-state index in [2.05, 4.69) is 15.4 Å². The maximum atomic E-state index is 13.1. The smallest absolute Gasteiger partial charge is 0.257 e. The third-order valence-electron chi connectivity index (χ3n) is 5.44. The zero-order valence-electron chi connectivity index (χ0n) is 16.1. The van der Waals surface area contributed by atoms with E-state index < -0.39 is 0 Å². The van der Waals surface area contributed by atoms with Crippen LogP contribution in [0.5, 0.6) is 0 Å². The molecule has 2 amide bonds. The number of thiazole rings is 1. The summed E-state index contributed by atoms with van der Waals surface area (Å²) < 4.78 is 1.79. The monoisotopic (exact) mass is 407 g/mol. The van der Waals surface area contributed by atoms with Crippen molar-refractivity contribution in [2.45, 2.75) is 32.7 Å². The summed E-state index contributed by atoms with van der Waals surface area (Å²) in [5.74, 6) is 0.193. The summed E-state index contributed by atoms with van der Waals surface area (Å²) in [4.78, 5) is 32.6. The molecule has 1 aromatic carbocycles. The summed E-state index contributed by atoms with van der Waals surface area (Å²) in [6.07, 6.45) is 4.28. The molecular formula is C21H21N5O2S. The first-order valence-corrected chi connectivity index (χ1v) is 10.6. The number of aromatic nitrogens is 3. The van der Waals surface area contributed by atoms with Crippen LogP contribution in [0.4, 0.5) is 5.13 Å². The van der Waals surface area contributed by atoms with E-state index in [1.807, 2.05) is 42.2 Å². The second-order valence-corrected chi connectivity index (χ2v) is 8.60. The summed E-state index contributed by atoms with van der Waals surface area (Å²) in [5, 5.41) is 7.98. The lowest BCUT2D eigenvalue weighted by molar-refractivity contribution is -0.117. The van der Waals surface area contributed by atoms with Gasteiger partial charge >= 0.3 is 0 Å². The first-order chi connectivity index (χ1) is 14.1.